The molecule has 28 heavy (non-hydrogen) atoms. The Hall–Kier alpha value is -3.21. The highest BCUT2D eigenvalue weighted by atomic mass is 32.1. The molecule has 1 amide bonds. The third-order valence-corrected chi connectivity index (χ3v) is 4.76. The number of nitrogens with zero attached hydrogens (tertiary/aromatic N) is 2. The van der Waals surface area contributed by atoms with Crippen LogP contribution in [-0.2, 0) is 11.0 Å². The molecular weight excluding hydrogens is 397 g/mol. The Morgan fingerprint density at radius 2 is 1.96 bits per heavy atom. The number of aromatic nitrogens is 1. The van der Waals surface area contributed by atoms with Gasteiger partial charge in [0.25, 0.3) is 5.69 Å². The molecule has 0 radical (unpaired) electrons. The minimum absolute atomic E-state index is 0.190. The van der Waals surface area contributed by atoms with Gasteiger partial charge >= 0.3 is 6.18 Å². The average molecular weight is 410 g/mol. The lowest BCUT2D eigenvalue weighted by atomic mass is 10.1. The highest BCUT2D eigenvalue weighted by molar-refractivity contribution is 7.22. The highest BCUT2D eigenvalue weighted by Crippen LogP contribution is 2.35. The Bertz CT molecular complexity index is 1020. The quantitative estimate of drug-likeness (QED) is 0.471. The van der Waals surface area contributed by atoms with Crippen molar-refractivity contribution in [2.45, 2.75) is 19.1 Å². The van der Waals surface area contributed by atoms with Gasteiger partial charge in [-0.3, -0.25) is 14.9 Å². The van der Waals surface area contributed by atoms with Gasteiger partial charge in [-0.1, -0.05) is 23.5 Å². The van der Waals surface area contributed by atoms with Crippen LogP contribution in [0.3, 0.4) is 0 Å². The molecule has 0 saturated heterocycles. The van der Waals surface area contributed by atoms with Gasteiger partial charge in [0.1, 0.15) is 11.7 Å². The van der Waals surface area contributed by atoms with Crippen LogP contribution < -0.4 is 10.6 Å². The van der Waals surface area contributed by atoms with Crippen LogP contribution in [0.1, 0.15) is 12.5 Å². The number of hydrogen-bond donors (Lipinski definition) is 2. The molecule has 1 heterocycles. The van der Waals surface area contributed by atoms with Gasteiger partial charge in [-0.25, -0.2) is 4.98 Å². The second-order valence-corrected chi connectivity index (χ2v) is 6.86. The zero-order valence-electron chi connectivity index (χ0n) is 14.3. The summed E-state index contributed by atoms with van der Waals surface area (Å²) in [6.07, 6.45) is -4.71. The molecule has 146 valence electrons. The number of amides is 1. The van der Waals surface area contributed by atoms with Crippen molar-refractivity contribution in [3.8, 4) is 0 Å². The fourth-order valence-corrected chi connectivity index (χ4v) is 3.29. The van der Waals surface area contributed by atoms with Crippen molar-refractivity contribution in [1.82, 2.24) is 4.98 Å². The van der Waals surface area contributed by atoms with Gasteiger partial charge < -0.3 is 10.6 Å². The van der Waals surface area contributed by atoms with Crippen LogP contribution >= 0.6 is 11.3 Å². The summed E-state index contributed by atoms with van der Waals surface area (Å²) in [5, 5.41) is 16.7. The predicted octanol–water partition coefficient (Wildman–Crippen LogP) is 4.66. The number of benzene rings is 2. The van der Waals surface area contributed by atoms with Gasteiger partial charge in [0.15, 0.2) is 5.13 Å². The summed E-state index contributed by atoms with van der Waals surface area (Å²) < 4.78 is 39.2. The number of carbonyl (C=O) groups excluding carboxylic acids is 1. The molecule has 0 spiro atoms. The maximum atomic E-state index is 12.8. The number of fused-ring (bicyclic) bond motifs is 1. The molecule has 0 fully saturated rings. The molecule has 1 aromatic heterocycles. The summed E-state index contributed by atoms with van der Waals surface area (Å²) >= 11 is 1.26. The average Bonchev–Trinajstić information content (AvgIpc) is 3.03. The first-order valence-corrected chi connectivity index (χ1v) is 8.75. The first-order chi connectivity index (χ1) is 13.1. The van der Waals surface area contributed by atoms with Crippen molar-refractivity contribution >= 4 is 44.0 Å². The number of para-hydroxylation sites is 1. The molecule has 3 aromatic rings. The van der Waals surface area contributed by atoms with Crippen molar-refractivity contribution in [2.75, 3.05) is 10.6 Å². The van der Waals surface area contributed by atoms with E-state index in [9.17, 15) is 28.1 Å². The predicted molar refractivity (Wildman–Crippen MR) is 99.4 cm³/mol. The molecule has 7 nitrogen and oxygen atoms in total. The first-order valence-electron chi connectivity index (χ1n) is 7.94. The topological polar surface area (TPSA) is 97.2 Å². The maximum absolute atomic E-state index is 12.8. The number of alkyl halides is 3. The highest BCUT2D eigenvalue weighted by Gasteiger charge is 2.33. The molecule has 3 rings (SSSR count). The smallest absolute Gasteiger partial charge is 0.368 e. The summed E-state index contributed by atoms with van der Waals surface area (Å²) in [5.41, 5.74) is -1.39. The summed E-state index contributed by atoms with van der Waals surface area (Å²) in [7, 11) is 0. The lowest BCUT2D eigenvalue weighted by Crippen LogP contribution is -2.32. The number of nitro benzene ring substituents is 1. The van der Waals surface area contributed by atoms with Crippen LogP contribution in [0.4, 0.5) is 29.7 Å². The van der Waals surface area contributed by atoms with E-state index in [1.54, 1.807) is 6.07 Å². The van der Waals surface area contributed by atoms with Gasteiger partial charge in [-0.15, -0.1) is 0 Å². The van der Waals surface area contributed by atoms with Crippen molar-refractivity contribution in [3.05, 3.63) is 58.1 Å². The van der Waals surface area contributed by atoms with E-state index >= 15 is 0 Å². The normalized spacial score (nSPS) is 12.6. The van der Waals surface area contributed by atoms with Gasteiger partial charge in [0, 0.05) is 6.07 Å². The molecule has 0 aliphatic heterocycles. The number of nitro groups is 1. The lowest BCUT2D eigenvalue weighted by Gasteiger charge is -2.15. The second kappa shape index (κ2) is 7.43. The molecule has 0 aliphatic rings. The lowest BCUT2D eigenvalue weighted by molar-refractivity contribution is -0.384. The second-order valence-electron chi connectivity index (χ2n) is 5.83. The molecule has 0 unspecified atom stereocenters. The van der Waals surface area contributed by atoms with E-state index in [-0.39, 0.29) is 5.69 Å². The molecule has 2 aromatic carbocycles. The number of rotatable bonds is 5. The van der Waals surface area contributed by atoms with Crippen LogP contribution in [0.25, 0.3) is 10.2 Å². The standard InChI is InChI=1S/C17H13F3N4O3S/c1-9(15(25)23-16-22-12-4-2-3-5-14(12)28-16)21-11-7-6-10(17(18,19)20)8-13(11)24(26)27/h2-9,21H,1H3,(H,22,23,25)/t9-/m0/s1. The van der Waals surface area contributed by atoms with Crippen molar-refractivity contribution in [3.63, 3.8) is 0 Å². The number of hydrogen-bond acceptors (Lipinski definition) is 6. The number of thiazole rings is 1. The molecule has 2 N–H and O–H groups in total. The van der Waals surface area contributed by atoms with Crippen LogP contribution in [0, 0.1) is 10.1 Å². The van der Waals surface area contributed by atoms with E-state index in [1.807, 2.05) is 18.2 Å². The van der Waals surface area contributed by atoms with Crippen molar-refractivity contribution < 1.29 is 22.9 Å². The zero-order chi connectivity index (χ0) is 20.5. The summed E-state index contributed by atoms with van der Waals surface area (Å²) in [6.45, 7) is 1.43. The Morgan fingerprint density at radius 3 is 2.61 bits per heavy atom. The van der Waals surface area contributed by atoms with Crippen molar-refractivity contribution in [2.24, 2.45) is 0 Å². The zero-order valence-corrected chi connectivity index (χ0v) is 15.1. The van der Waals surface area contributed by atoms with Crippen LogP contribution in [0.5, 0.6) is 0 Å². The van der Waals surface area contributed by atoms with Gasteiger partial charge in [-0.2, -0.15) is 13.2 Å². The number of anilines is 2. The van der Waals surface area contributed by atoms with Crippen LogP contribution in [0.2, 0.25) is 0 Å². The van der Waals surface area contributed by atoms with E-state index in [1.165, 1.54) is 18.3 Å². The van der Waals surface area contributed by atoms with Gasteiger partial charge in [0.2, 0.25) is 5.91 Å². The van der Waals surface area contributed by atoms with E-state index in [0.717, 1.165) is 10.8 Å². The monoisotopic (exact) mass is 410 g/mol. The van der Waals surface area contributed by atoms with E-state index in [4.69, 9.17) is 0 Å². The molecule has 0 saturated carbocycles. The van der Waals surface area contributed by atoms with Crippen molar-refractivity contribution in [1.29, 1.82) is 0 Å². The summed E-state index contributed by atoms with van der Waals surface area (Å²) in [5.74, 6) is -0.534. The minimum Gasteiger partial charge on any atom is -0.368 e. The summed E-state index contributed by atoms with van der Waals surface area (Å²) in [4.78, 5) is 26.8. The molecule has 1 atom stereocenters. The van der Waals surface area contributed by atoms with Gasteiger partial charge in [-0.05, 0) is 31.2 Å². The van der Waals surface area contributed by atoms with Gasteiger partial charge in [0.05, 0.1) is 20.7 Å². The van der Waals surface area contributed by atoms with E-state index in [2.05, 4.69) is 15.6 Å². The summed E-state index contributed by atoms with van der Waals surface area (Å²) in [6, 6.07) is 8.39. The number of carbonyl (C=O) groups is 1. The maximum Gasteiger partial charge on any atom is 0.416 e. The Balaban J connectivity index is 1.76. The SMILES string of the molecule is C[C@H](Nc1ccc(C(F)(F)F)cc1[N+](=O)[O-])C(=O)Nc1nc2ccccc2s1. The fourth-order valence-electron chi connectivity index (χ4n) is 2.42. The Morgan fingerprint density at radius 1 is 1.25 bits per heavy atom. The van der Waals surface area contributed by atoms with Crippen LogP contribution in [-0.4, -0.2) is 21.9 Å². The largest absolute Gasteiger partial charge is 0.416 e. The number of halogens is 3. The minimum atomic E-state index is -4.71. The van der Waals surface area contributed by atoms with E-state index < -0.39 is 34.3 Å². The Kier molecular flexibility index (Phi) is 5.18. The fraction of sp³-hybridized carbons (Fsp3) is 0.176. The molecule has 11 heteroatoms. The van der Waals surface area contributed by atoms with Crippen LogP contribution in [0.15, 0.2) is 42.5 Å². The number of nitrogens with one attached hydrogen (secondary N) is 2. The molecule has 0 aliphatic carbocycles. The third-order valence-electron chi connectivity index (χ3n) is 3.81. The molecule has 0 bridgehead atoms. The van der Waals surface area contributed by atoms with E-state index in [0.29, 0.717) is 22.8 Å². The molecular formula is C17H13F3N4O3S. The Labute approximate surface area is 160 Å². The third kappa shape index (κ3) is 4.19. The first kappa shape index (κ1) is 19.5.